The molecule has 12 fully saturated rings. The van der Waals surface area contributed by atoms with Gasteiger partial charge in [-0.1, -0.05) is 69.2 Å². The van der Waals surface area contributed by atoms with Gasteiger partial charge in [-0.15, -0.1) is 0 Å². The number of carbonyl (C=O) groups is 3. The minimum absolute atomic E-state index is 0.0383. The summed E-state index contributed by atoms with van der Waals surface area (Å²) < 4.78 is 36.3. The van der Waals surface area contributed by atoms with Gasteiger partial charge in [0.25, 0.3) is 5.69 Å². The van der Waals surface area contributed by atoms with Crippen molar-refractivity contribution in [3.05, 3.63) is 34.4 Å². The molecule has 1 aromatic carbocycles. The summed E-state index contributed by atoms with van der Waals surface area (Å²) >= 11 is 0. The molecule has 10 aliphatic carbocycles. The molecule has 5 N–H and O–H groups in total. The first-order valence-corrected chi connectivity index (χ1v) is 34.0. The first-order valence-electron chi connectivity index (χ1n) is 34.0. The van der Waals surface area contributed by atoms with Gasteiger partial charge in [0.2, 0.25) is 0 Å². The van der Waals surface area contributed by atoms with E-state index >= 15 is 0 Å². The molecule has 17 heteroatoms. The fourth-order valence-electron chi connectivity index (χ4n) is 25.8. The highest BCUT2D eigenvalue weighted by atomic mass is 16.7. The lowest BCUT2D eigenvalue weighted by molar-refractivity contribution is -0.384. The van der Waals surface area contributed by atoms with Crippen LogP contribution in [0.1, 0.15) is 214 Å². The van der Waals surface area contributed by atoms with Crippen LogP contribution in [0.2, 0.25) is 0 Å². The van der Waals surface area contributed by atoms with Gasteiger partial charge in [0.15, 0.2) is 12.2 Å². The van der Waals surface area contributed by atoms with E-state index in [1.807, 2.05) is 0 Å². The number of esters is 2. The van der Waals surface area contributed by atoms with Crippen molar-refractivity contribution in [2.75, 3.05) is 0 Å². The van der Waals surface area contributed by atoms with Gasteiger partial charge in [0.1, 0.15) is 11.9 Å². The second-order valence-electron chi connectivity index (χ2n) is 34.7. The summed E-state index contributed by atoms with van der Waals surface area (Å²) in [5, 5.41) is 68.7. The molecule has 2 saturated heterocycles. The number of rotatable bonds is 9. The maximum atomic E-state index is 13.0. The highest BCUT2D eigenvalue weighted by Crippen LogP contribution is 2.91. The van der Waals surface area contributed by atoms with Gasteiger partial charge in [-0.3, -0.25) is 19.7 Å². The third-order valence-electron chi connectivity index (χ3n) is 29.7. The van der Waals surface area contributed by atoms with E-state index in [4.69, 9.17) is 28.4 Å². The summed E-state index contributed by atoms with van der Waals surface area (Å²) in [5.41, 5.74) is -2.97. The van der Waals surface area contributed by atoms with Crippen LogP contribution in [0.5, 0.6) is 5.75 Å². The van der Waals surface area contributed by atoms with E-state index in [0.717, 1.165) is 77.0 Å². The number of benzene rings is 1. The standard InChI is InChI=1S/C39H55NO10.C32H52O6/c1-21-19-25(32(35(5,6)44)47-22(2)41)49-30-29(21)36(7)17-18-39-20-38(39)16-15-28(50-33(43)48-24-11-9-23(10-12-24)40(45)46)34(3,4)26(38)13-14-27(39)37(36,8)31(30)42;1-17-15-19(26(28(5,6)36)37-18(2)33)38-24-23(17)29(7)13-14-32-16-31(32)12-11-22(34)27(3,4)20(31)9-10-21(32)30(29,8)25(24)35/h9-12,21,25-32,42,44H,13-20H2,1-8H3;17,19-26,34-36H,9-16H2,1-8H3/t21-,25-,26+,27+,28+,29+,30+,31+,32+,36-,37-,38-,39+;17-,19-,20+,21+,22+,23+,24+,25+,26+,29-,30-,31-,32+/m11/s1. The normalized spacial score (nSPS) is 49.3. The van der Waals surface area contributed by atoms with Gasteiger partial charge in [-0.2, -0.15) is 0 Å². The molecular formula is C71H107NO16. The molecule has 4 spiro atoms. The van der Waals surface area contributed by atoms with E-state index in [1.54, 1.807) is 27.7 Å². The average molecular weight is 1230 g/mol. The first-order chi connectivity index (χ1) is 40.7. The first kappa shape index (κ1) is 64.6. The molecule has 26 atom stereocenters. The number of nitro groups is 1. The zero-order chi connectivity index (χ0) is 64.2. The van der Waals surface area contributed by atoms with Gasteiger partial charge in [-0.05, 0) is 228 Å². The average Bonchev–Trinajstić information content (AvgIpc) is 1.47. The highest BCUT2D eigenvalue weighted by Gasteiger charge is 2.87. The molecule has 2 aliphatic heterocycles. The van der Waals surface area contributed by atoms with Crippen LogP contribution in [0.15, 0.2) is 24.3 Å². The minimum atomic E-state index is -1.30. The van der Waals surface area contributed by atoms with E-state index in [-0.39, 0.29) is 102 Å². The maximum absolute atomic E-state index is 13.0. The predicted molar refractivity (Wildman–Crippen MR) is 326 cm³/mol. The number of carbonyl (C=O) groups excluding carboxylic acids is 3. The van der Waals surface area contributed by atoms with E-state index in [9.17, 15) is 50.0 Å². The van der Waals surface area contributed by atoms with Gasteiger partial charge >= 0.3 is 18.1 Å². The molecular weight excluding hydrogens is 1120 g/mol. The van der Waals surface area contributed by atoms with Crippen LogP contribution < -0.4 is 4.74 Å². The summed E-state index contributed by atoms with van der Waals surface area (Å²) in [7, 11) is 0. The number of non-ortho nitro benzene ring substituents is 1. The number of nitrogens with zero attached hydrogens (tertiary/aromatic N) is 1. The molecule has 17 nitrogen and oxygen atoms in total. The lowest BCUT2D eigenvalue weighted by atomic mass is 9.41. The molecule has 13 rings (SSSR count). The molecule has 12 aliphatic rings. The zero-order valence-corrected chi connectivity index (χ0v) is 55.7. The fourth-order valence-corrected chi connectivity index (χ4v) is 25.8. The smallest absolute Gasteiger partial charge is 0.457 e. The van der Waals surface area contributed by atoms with E-state index < -0.39 is 76.9 Å². The molecule has 492 valence electrons. The molecule has 1 aromatic rings. The van der Waals surface area contributed by atoms with Crippen molar-refractivity contribution in [1.82, 2.24) is 0 Å². The van der Waals surface area contributed by atoms with Crippen LogP contribution in [0.3, 0.4) is 0 Å². The number of hydrogen-bond donors (Lipinski definition) is 5. The Morgan fingerprint density at radius 1 is 0.591 bits per heavy atom. The van der Waals surface area contributed by atoms with Crippen LogP contribution in [0.25, 0.3) is 0 Å². The molecule has 0 bridgehead atoms. The van der Waals surface area contributed by atoms with Gasteiger partial charge in [-0.25, -0.2) is 4.79 Å². The Balaban J connectivity index is 0.000000178. The summed E-state index contributed by atoms with van der Waals surface area (Å²) in [6, 6.07) is 5.40. The van der Waals surface area contributed by atoms with Gasteiger partial charge < -0.3 is 54.0 Å². The number of hydrogen-bond acceptors (Lipinski definition) is 16. The lowest BCUT2D eigenvalue weighted by Crippen LogP contribution is -2.60. The van der Waals surface area contributed by atoms with E-state index in [1.165, 1.54) is 51.0 Å². The fraction of sp³-hybridized carbons (Fsp3) is 0.873. The van der Waals surface area contributed by atoms with Crippen molar-refractivity contribution in [2.45, 2.75) is 286 Å². The van der Waals surface area contributed by atoms with Crippen LogP contribution in [-0.2, 0) is 33.3 Å². The molecule has 0 radical (unpaired) electrons. The van der Waals surface area contributed by atoms with Crippen molar-refractivity contribution >= 4 is 23.8 Å². The summed E-state index contributed by atoms with van der Waals surface area (Å²) in [4.78, 5) is 47.5. The van der Waals surface area contributed by atoms with Crippen molar-refractivity contribution in [2.24, 2.45) is 101 Å². The number of aliphatic hydroxyl groups is 5. The molecule has 0 aromatic heterocycles. The second kappa shape index (κ2) is 20.5. The van der Waals surface area contributed by atoms with Gasteiger partial charge in [0, 0.05) is 42.2 Å². The molecule has 88 heavy (non-hydrogen) atoms. The second-order valence-corrected chi connectivity index (χ2v) is 34.7. The molecule has 0 unspecified atom stereocenters. The largest absolute Gasteiger partial charge is 0.514 e. The Kier molecular flexibility index (Phi) is 15.1. The summed E-state index contributed by atoms with van der Waals surface area (Å²) in [5.74, 6) is 1.85. The quantitative estimate of drug-likeness (QED) is 0.0507. The van der Waals surface area contributed by atoms with Crippen LogP contribution in [-0.4, -0.2) is 121 Å². The lowest BCUT2D eigenvalue weighted by Gasteiger charge is -2.63. The molecule has 0 amide bonds. The minimum Gasteiger partial charge on any atom is -0.457 e. The molecule has 2 heterocycles. The third-order valence-corrected chi connectivity index (χ3v) is 29.7. The third kappa shape index (κ3) is 8.75. The van der Waals surface area contributed by atoms with E-state index in [0.29, 0.717) is 41.9 Å². The number of ether oxygens (including phenoxy) is 6. The van der Waals surface area contributed by atoms with Crippen molar-refractivity contribution in [1.29, 1.82) is 0 Å². The van der Waals surface area contributed by atoms with Crippen molar-refractivity contribution in [3.8, 4) is 5.75 Å². The monoisotopic (exact) mass is 1230 g/mol. The Morgan fingerprint density at radius 3 is 1.40 bits per heavy atom. The zero-order valence-electron chi connectivity index (χ0n) is 55.7. The Labute approximate surface area is 522 Å². The maximum Gasteiger partial charge on any atom is 0.514 e. The number of nitro benzene ring substituents is 1. The predicted octanol–water partition coefficient (Wildman–Crippen LogP) is 11.9. The van der Waals surface area contributed by atoms with E-state index in [2.05, 4.69) is 69.2 Å². The molecule has 10 saturated carbocycles. The topological polar surface area (TPSA) is 251 Å². The summed E-state index contributed by atoms with van der Waals surface area (Å²) in [6.07, 6.45) is 10.1. The number of fused-ring (bicyclic) bond motifs is 8. The SMILES string of the molecule is CC(=O)O[C@@H]([C@H]1C[C@@H](C)[C@H]2[C@H](O1)[C@H](O)[C@@]1(C)[C@@H]3CC[C@H]4C(C)(C)[C@@H](O)CC[C@@]45C[C@@]35CC[C@]21C)C(C)(C)O.CC(=O)O[C@@H]([C@H]1C[C@@H](C)[C@H]2[C@H](O1)[C@H](O)[C@@]1(C)[C@@H]3CC[C@H]4C(C)(C)[C@@H](OC(=O)Oc5ccc([N+](=O)[O-])cc5)CC[C@@]45C[C@@]35CC[C@]21C)C(C)(C)O. The Bertz CT molecular complexity index is 2940. The van der Waals surface area contributed by atoms with Crippen molar-refractivity contribution < 1.29 is 73.3 Å². The number of aliphatic hydroxyl groups excluding tert-OH is 3. The highest BCUT2D eigenvalue weighted by molar-refractivity contribution is 5.67. The van der Waals surface area contributed by atoms with Crippen LogP contribution >= 0.6 is 0 Å². The Morgan fingerprint density at radius 2 is 0.989 bits per heavy atom. The van der Waals surface area contributed by atoms with Gasteiger partial charge in [0.05, 0.1) is 58.9 Å². The van der Waals surface area contributed by atoms with Crippen LogP contribution in [0.4, 0.5) is 10.5 Å². The Hall–Kier alpha value is -3.45. The van der Waals surface area contributed by atoms with Crippen LogP contribution in [0, 0.1) is 112 Å². The van der Waals surface area contributed by atoms with Crippen molar-refractivity contribution in [3.63, 3.8) is 0 Å². The summed E-state index contributed by atoms with van der Waals surface area (Å²) in [6.45, 7) is 32.4.